The zero-order valence-corrected chi connectivity index (χ0v) is 14.6. The summed E-state index contributed by atoms with van der Waals surface area (Å²) in [6, 6.07) is 5.64. The first kappa shape index (κ1) is 16.6. The molecule has 1 aliphatic rings. The Morgan fingerprint density at radius 3 is 2.67 bits per heavy atom. The normalized spacial score (nSPS) is 16.8. The fourth-order valence-corrected chi connectivity index (χ4v) is 3.11. The molecule has 6 heteroatoms. The molecule has 1 aliphatic heterocycles. The SMILES string of the molecule is Cc1cc(C)n(-c2ccc(C(=O)NCC3(C)CCNCC3)cn2)n1. The summed E-state index contributed by atoms with van der Waals surface area (Å²) in [5.74, 6) is 0.657. The number of pyridine rings is 1. The zero-order valence-electron chi connectivity index (χ0n) is 14.6. The number of aromatic nitrogens is 3. The van der Waals surface area contributed by atoms with Gasteiger partial charge in [-0.05, 0) is 63.4 Å². The van der Waals surface area contributed by atoms with Crippen LogP contribution < -0.4 is 10.6 Å². The van der Waals surface area contributed by atoms with Crippen LogP contribution in [0.25, 0.3) is 5.82 Å². The summed E-state index contributed by atoms with van der Waals surface area (Å²) >= 11 is 0. The molecule has 0 aromatic carbocycles. The molecule has 0 unspecified atom stereocenters. The van der Waals surface area contributed by atoms with Gasteiger partial charge in [0, 0.05) is 18.4 Å². The van der Waals surface area contributed by atoms with Gasteiger partial charge in [0.2, 0.25) is 0 Å². The minimum absolute atomic E-state index is 0.0674. The monoisotopic (exact) mass is 327 g/mol. The quantitative estimate of drug-likeness (QED) is 0.901. The summed E-state index contributed by atoms with van der Waals surface area (Å²) in [5, 5.41) is 10.8. The van der Waals surface area contributed by atoms with Crippen LogP contribution in [0.1, 0.15) is 41.5 Å². The molecule has 2 aromatic heterocycles. The highest BCUT2D eigenvalue weighted by molar-refractivity contribution is 5.93. The van der Waals surface area contributed by atoms with Gasteiger partial charge in [-0.2, -0.15) is 5.10 Å². The average Bonchev–Trinajstić information content (AvgIpc) is 2.92. The second-order valence-corrected chi connectivity index (χ2v) is 6.99. The Morgan fingerprint density at radius 1 is 1.33 bits per heavy atom. The van der Waals surface area contributed by atoms with E-state index in [0.717, 1.165) is 43.1 Å². The fraction of sp³-hybridized carbons (Fsp3) is 0.500. The third-order valence-electron chi connectivity index (χ3n) is 4.72. The third-order valence-corrected chi connectivity index (χ3v) is 4.72. The van der Waals surface area contributed by atoms with Crippen molar-refractivity contribution in [2.75, 3.05) is 19.6 Å². The van der Waals surface area contributed by atoms with Gasteiger partial charge in [0.1, 0.15) is 0 Å². The van der Waals surface area contributed by atoms with Crippen LogP contribution in [0.2, 0.25) is 0 Å². The van der Waals surface area contributed by atoms with Crippen molar-refractivity contribution >= 4 is 5.91 Å². The van der Waals surface area contributed by atoms with Crippen LogP contribution in [0.5, 0.6) is 0 Å². The first-order valence-corrected chi connectivity index (χ1v) is 8.45. The molecule has 0 bridgehead atoms. The number of aryl methyl sites for hydroxylation is 2. The maximum atomic E-state index is 12.4. The lowest BCUT2D eigenvalue weighted by atomic mass is 9.81. The summed E-state index contributed by atoms with van der Waals surface area (Å²) in [5.41, 5.74) is 2.73. The van der Waals surface area contributed by atoms with Gasteiger partial charge >= 0.3 is 0 Å². The minimum atomic E-state index is -0.0674. The maximum absolute atomic E-state index is 12.4. The van der Waals surface area contributed by atoms with E-state index in [1.165, 1.54) is 0 Å². The fourth-order valence-electron chi connectivity index (χ4n) is 3.11. The van der Waals surface area contributed by atoms with Crippen molar-refractivity contribution in [3.63, 3.8) is 0 Å². The lowest BCUT2D eigenvalue weighted by molar-refractivity contribution is 0.0922. The van der Waals surface area contributed by atoms with E-state index in [2.05, 4.69) is 27.6 Å². The summed E-state index contributed by atoms with van der Waals surface area (Å²) in [6.45, 7) is 8.91. The van der Waals surface area contributed by atoms with Gasteiger partial charge in [0.15, 0.2) is 5.82 Å². The van der Waals surface area contributed by atoms with Crippen molar-refractivity contribution in [1.82, 2.24) is 25.4 Å². The molecule has 1 saturated heterocycles. The number of nitrogens with zero attached hydrogens (tertiary/aromatic N) is 3. The second kappa shape index (κ2) is 6.73. The molecule has 0 spiro atoms. The number of rotatable bonds is 4. The molecule has 24 heavy (non-hydrogen) atoms. The molecular formula is C18H25N5O. The number of amides is 1. The number of piperidine rings is 1. The van der Waals surface area contributed by atoms with Gasteiger partial charge in [-0.15, -0.1) is 0 Å². The first-order chi connectivity index (χ1) is 11.5. The van der Waals surface area contributed by atoms with Crippen molar-refractivity contribution < 1.29 is 4.79 Å². The molecule has 2 N–H and O–H groups in total. The van der Waals surface area contributed by atoms with E-state index in [1.807, 2.05) is 26.0 Å². The molecule has 2 aromatic rings. The average molecular weight is 327 g/mol. The van der Waals surface area contributed by atoms with Crippen LogP contribution in [0.4, 0.5) is 0 Å². The van der Waals surface area contributed by atoms with Gasteiger partial charge in [-0.1, -0.05) is 6.92 Å². The van der Waals surface area contributed by atoms with Crippen molar-refractivity contribution in [3.05, 3.63) is 41.3 Å². The van der Waals surface area contributed by atoms with Gasteiger partial charge in [0.05, 0.1) is 11.3 Å². The Bertz CT molecular complexity index is 714. The molecule has 128 valence electrons. The van der Waals surface area contributed by atoms with Crippen molar-refractivity contribution in [1.29, 1.82) is 0 Å². The van der Waals surface area contributed by atoms with Crippen LogP contribution in [0.3, 0.4) is 0 Å². The van der Waals surface area contributed by atoms with Gasteiger partial charge in [0.25, 0.3) is 5.91 Å². The number of hydrogen-bond donors (Lipinski definition) is 2. The topological polar surface area (TPSA) is 71.8 Å². The van der Waals surface area contributed by atoms with Gasteiger partial charge in [-0.3, -0.25) is 4.79 Å². The van der Waals surface area contributed by atoms with E-state index in [4.69, 9.17) is 0 Å². The highest BCUT2D eigenvalue weighted by atomic mass is 16.1. The standard InChI is InChI=1S/C18H25N5O/c1-13-10-14(2)23(22-13)16-5-4-15(11-20-16)17(24)21-12-18(3)6-8-19-9-7-18/h4-5,10-11,19H,6-9,12H2,1-3H3,(H,21,24). The molecule has 3 heterocycles. The molecule has 0 saturated carbocycles. The van der Waals surface area contributed by atoms with Crippen LogP contribution in [-0.4, -0.2) is 40.3 Å². The van der Waals surface area contributed by atoms with E-state index in [0.29, 0.717) is 12.1 Å². The lowest BCUT2D eigenvalue weighted by Gasteiger charge is -2.34. The molecule has 1 fully saturated rings. The third kappa shape index (κ3) is 3.64. The van der Waals surface area contributed by atoms with Crippen LogP contribution in [-0.2, 0) is 0 Å². The summed E-state index contributed by atoms with van der Waals surface area (Å²) in [6.07, 6.45) is 3.79. The minimum Gasteiger partial charge on any atom is -0.351 e. The number of nitrogens with one attached hydrogen (secondary N) is 2. The Labute approximate surface area is 142 Å². The number of hydrogen-bond acceptors (Lipinski definition) is 4. The summed E-state index contributed by atoms with van der Waals surface area (Å²) in [4.78, 5) is 16.7. The maximum Gasteiger partial charge on any atom is 0.252 e. The Hall–Kier alpha value is -2.21. The highest BCUT2D eigenvalue weighted by Gasteiger charge is 2.27. The van der Waals surface area contributed by atoms with Crippen molar-refractivity contribution in [2.24, 2.45) is 5.41 Å². The zero-order chi connectivity index (χ0) is 17.2. The largest absolute Gasteiger partial charge is 0.351 e. The Kier molecular flexibility index (Phi) is 4.66. The second-order valence-electron chi connectivity index (χ2n) is 6.99. The predicted octanol–water partition coefficient (Wildman–Crippen LogP) is 2.00. The highest BCUT2D eigenvalue weighted by Crippen LogP contribution is 2.26. The molecule has 0 aliphatic carbocycles. The smallest absolute Gasteiger partial charge is 0.252 e. The van der Waals surface area contributed by atoms with Crippen molar-refractivity contribution in [2.45, 2.75) is 33.6 Å². The number of carbonyl (C=O) groups excluding carboxylic acids is 1. The molecule has 3 rings (SSSR count). The van der Waals surface area contributed by atoms with E-state index < -0.39 is 0 Å². The van der Waals surface area contributed by atoms with E-state index in [-0.39, 0.29) is 11.3 Å². The Morgan fingerprint density at radius 2 is 2.08 bits per heavy atom. The van der Waals surface area contributed by atoms with E-state index in [1.54, 1.807) is 16.9 Å². The molecule has 0 radical (unpaired) electrons. The molecule has 1 amide bonds. The molecule has 0 atom stereocenters. The summed E-state index contributed by atoms with van der Waals surface area (Å²) < 4.78 is 1.78. The van der Waals surface area contributed by atoms with Crippen LogP contribution in [0, 0.1) is 19.3 Å². The molecule has 6 nitrogen and oxygen atoms in total. The van der Waals surface area contributed by atoms with Gasteiger partial charge < -0.3 is 10.6 Å². The lowest BCUT2D eigenvalue weighted by Crippen LogP contribution is -2.42. The van der Waals surface area contributed by atoms with Crippen LogP contribution >= 0.6 is 0 Å². The predicted molar refractivity (Wildman–Crippen MR) is 93.4 cm³/mol. The number of carbonyl (C=O) groups is 1. The molecular weight excluding hydrogens is 302 g/mol. The van der Waals surface area contributed by atoms with Crippen molar-refractivity contribution in [3.8, 4) is 5.82 Å². The Balaban J connectivity index is 1.64. The first-order valence-electron chi connectivity index (χ1n) is 8.45. The van der Waals surface area contributed by atoms with E-state index in [9.17, 15) is 4.79 Å². The van der Waals surface area contributed by atoms with E-state index >= 15 is 0 Å². The van der Waals surface area contributed by atoms with Gasteiger partial charge in [-0.25, -0.2) is 9.67 Å². The summed E-state index contributed by atoms with van der Waals surface area (Å²) in [7, 11) is 0. The van der Waals surface area contributed by atoms with Crippen LogP contribution in [0.15, 0.2) is 24.4 Å².